The first kappa shape index (κ1) is 14.3. The Morgan fingerprint density at radius 3 is 2.56 bits per heavy atom. The predicted octanol–water partition coefficient (Wildman–Crippen LogP) is 0.375. The lowest BCUT2D eigenvalue weighted by atomic mass is 9.86. The van der Waals surface area contributed by atoms with Crippen molar-refractivity contribution >= 4 is 0 Å². The van der Waals surface area contributed by atoms with Crippen molar-refractivity contribution in [1.29, 1.82) is 0 Å². The van der Waals surface area contributed by atoms with E-state index in [4.69, 9.17) is 0 Å². The molecule has 0 radical (unpaired) electrons. The molecule has 1 aliphatic heterocycles. The highest BCUT2D eigenvalue weighted by atomic mass is 16.3. The molecule has 2 atom stereocenters. The Hall–Kier alpha value is -0.160. The topological polar surface area (TPSA) is 38.7 Å². The molecule has 1 saturated carbocycles. The van der Waals surface area contributed by atoms with Crippen LogP contribution in [0.25, 0.3) is 0 Å². The highest BCUT2D eigenvalue weighted by Gasteiger charge is 2.22. The Morgan fingerprint density at radius 2 is 1.83 bits per heavy atom. The van der Waals surface area contributed by atoms with E-state index in [-0.39, 0.29) is 6.10 Å². The lowest BCUT2D eigenvalue weighted by molar-refractivity contribution is 0.0689. The van der Waals surface area contributed by atoms with Crippen LogP contribution in [0.5, 0.6) is 0 Å². The van der Waals surface area contributed by atoms with Gasteiger partial charge in [-0.05, 0) is 25.8 Å². The number of rotatable bonds is 5. The first-order chi connectivity index (χ1) is 8.75. The van der Waals surface area contributed by atoms with Crippen molar-refractivity contribution in [2.45, 2.75) is 31.8 Å². The number of nitrogens with one attached hydrogen (secondary N) is 1. The van der Waals surface area contributed by atoms with E-state index in [0.717, 1.165) is 26.1 Å². The fourth-order valence-electron chi connectivity index (χ4n) is 3.02. The minimum absolute atomic E-state index is 0.0603. The zero-order valence-electron chi connectivity index (χ0n) is 11.8. The molecule has 2 rings (SSSR count). The number of piperazine rings is 1. The number of hydrogen-bond acceptors (Lipinski definition) is 4. The third-order valence-electron chi connectivity index (χ3n) is 4.48. The molecule has 0 amide bonds. The maximum atomic E-state index is 9.89. The molecule has 1 aliphatic carbocycles. The van der Waals surface area contributed by atoms with Crippen LogP contribution in [0.1, 0.15) is 25.7 Å². The first-order valence-corrected chi connectivity index (χ1v) is 7.55. The molecule has 2 unspecified atom stereocenters. The Bertz CT molecular complexity index is 229. The van der Waals surface area contributed by atoms with Crippen LogP contribution in [0, 0.1) is 5.92 Å². The van der Waals surface area contributed by atoms with Gasteiger partial charge in [0.2, 0.25) is 0 Å². The van der Waals surface area contributed by atoms with E-state index >= 15 is 0 Å². The largest absolute Gasteiger partial charge is 0.393 e. The summed E-state index contributed by atoms with van der Waals surface area (Å²) in [6.45, 7) is 8.00. The fraction of sp³-hybridized carbons (Fsp3) is 1.00. The number of aliphatic hydroxyl groups is 1. The van der Waals surface area contributed by atoms with Gasteiger partial charge >= 0.3 is 0 Å². The summed E-state index contributed by atoms with van der Waals surface area (Å²) in [6, 6.07) is 0. The van der Waals surface area contributed by atoms with Gasteiger partial charge in [-0.15, -0.1) is 0 Å². The zero-order valence-corrected chi connectivity index (χ0v) is 11.8. The molecular formula is C14H29N3O. The second kappa shape index (κ2) is 7.43. The molecule has 2 fully saturated rings. The van der Waals surface area contributed by atoms with Gasteiger partial charge in [0.1, 0.15) is 0 Å². The Kier molecular flexibility index (Phi) is 5.89. The molecular weight excluding hydrogens is 226 g/mol. The minimum atomic E-state index is -0.0603. The molecule has 0 aromatic rings. The summed E-state index contributed by atoms with van der Waals surface area (Å²) in [5.74, 6) is 0.492. The van der Waals surface area contributed by atoms with Gasteiger partial charge in [-0.3, -0.25) is 4.90 Å². The van der Waals surface area contributed by atoms with Crippen LogP contribution in [0.15, 0.2) is 0 Å². The van der Waals surface area contributed by atoms with Crippen molar-refractivity contribution < 1.29 is 5.11 Å². The van der Waals surface area contributed by atoms with Crippen molar-refractivity contribution in [3.63, 3.8) is 0 Å². The molecule has 18 heavy (non-hydrogen) atoms. The van der Waals surface area contributed by atoms with Crippen molar-refractivity contribution in [3.05, 3.63) is 0 Å². The summed E-state index contributed by atoms with van der Waals surface area (Å²) in [6.07, 6.45) is 4.64. The molecule has 106 valence electrons. The standard InChI is InChI=1S/C14H29N3O/c1-16-8-10-17(11-9-16)7-6-15-12-13-4-2-3-5-14(13)18/h13-15,18H,2-12H2,1H3. The van der Waals surface area contributed by atoms with Crippen molar-refractivity contribution in [2.75, 3.05) is 52.9 Å². The van der Waals surface area contributed by atoms with Gasteiger partial charge in [0.05, 0.1) is 6.10 Å². The van der Waals surface area contributed by atoms with E-state index in [1.807, 2.05) is 0 Å². The van der Waals surface area contributed by atoms with E-state index in [1.54, 1.807) is 0 Å². The Labute approximate surface area is 111 Å². The molecule has 4 nitrogen and oxygen atoms in total. The predicted molar refractivity (Wildman–Crippen MR) is 74.8 cm³/mol. The average molecular weight is 255 g/mol. The van der Waals surface area contributed by atoms with Gasteiger partial charge in [-0.1, -0.05) is 12.8 Å². The molecule has 2 N–H and O–H groups in total. The number of aliphatic hydroxyl groups excluding tert-OH is 1. The maximum absolute atomic E-state index is 9.89. The van der Waals surface area contributed by atoms with E-state index in [0.29, 0.717) is 5.92 Å². The van der Waals surface area contributed by atoms with Crippen molar-refractivity contribution in [3.8, 4) is 0 Å². The monoisotopic (exact) mass is 255 g/mol. The highest BCUT2D eigenvalue weighted by Crippen LogP contribution is 2.23. The number of likely N-dealkylation sites (N-methyl/N-ethyl adjacent to an activating group) is 1. The lowest BCUT2D eigenvalue weighted by Gasteiger charge is -2.33. The van der Waals surface area contributed by atoms with E-state index < -0.39 is 0 Å². The minimum Gasteiger partial charge on any atom is -0.393 e. The molecule has 1 saturated heterocycles. The Balaban J connectivity index is 1.53. The fourth-order valence-corrected chi connectivity index (χ4v) is 3.02. The van der Waals surface area contributed by atoms with Crippen LogP contribution >= 0.6 is 0 Å². The van der Waals surface area contributed by atoms with Gasteiger partial charge in [0, 0.05) is 45.8 Å². The summed E-state index contributed by atoms with van der Waals surface area (Å²) >= 11 is 0. The SMILES string of the molecule is CN1CCN(CCNCC2CCCCC2O)CC1. The van der Waals surface area contributed by atoms with E-state index in [2.05, 4.69) is 22.2 Å². The molecule has 4 heteroatoms. The molecule has 2 aliphatic rings. The number of nitrogens with zero attached hydrogens (tertiary/aromatic N) is 2. The summed E-state index contributed by atoms with van der Waals surface area (Å²) in [4.78, 5) is 4.92. The molecule has 1 heterocycles. The van der Waals surface area contributed by atoms with Gasteiger partial charge in [0.25, 0.3) is 0 Å². The van der Waals surface area contributed by atoms with Crippen LogP contribution < -0.4 is 5.32 Å². The van der Waals surface area contributed by atoms with Gasteiger partial charge < -0.3 is 15.3 Å². The van der Waals surface area contributed by atoms with Gasteiger partial charge in [-0.25, -0.2) is 0 Å². The molecule has 0 aromatic heterocycles. The smallest absolute Gasteiger partial charge is 0.0580 e. The maximum Gasteiger partial charge on any atom is 0.0580 e. The van der Waals surface area contributed by atoms with E-state index in [9.17, 15) is 5.11 Å². The average Bonchev–Trinajstić information content (AvgIpc) is 2.39. The first-order valence-electron chi connectivity index (χ1n) is 7.55. The van der Waals surface area contributed by atoms with Gasteiger partial charge in [0.15, 0.2) is 0 Å². The third kappa shape index (κ3) is 4.50. The van der Waals surface area contributed by atoms with Crippen LogP contribution in [0.3, 0.4) is 0 Å². The molecule has 0 bridgehead atoms. The van der Waals surface area contributed by atoms with Gasteiger partial charge in [-0.2, -0.15) is 0 Å². The third-order valence-corrected chi connectivity index (χ3v) is 4.48. The lowest BCUT2D eigenvalue weighted by Crippen LogP contribution is -2.47. The summed E-state index contributed by atoms with van der Waals surface area (Å²) in [7, 11) is 2.19. The van der Waals surface area contributed by atoms with Crippen molar-refractivity contribution in [1.82, 2.24) is 15.1 Å². The number of hydrogen-bond donors (Lipinski definition) is 2. The van der Waals surface area contributed by atoms with Crippen LogP contribution in [0.2, 0.25) is 0 Å². The van der Waals surface area contributed by atoms with Crippen LogP contribution in [-0.2, 0) is 0 Å². The summed E-state index contributed by atoms with van der Waals surface area (Å²) in [5, 5.41) is 13.4. The second-order valence-electron chi connectivity index (χ2n) is 5.96. The molecule has 0 spiro atoms. The molecule has 0 aromatic carbocycles. The quantitative estimate of drug-likeness (QED) is 0.697. The zero-order chi connectivity index (χ0) is 12.8. The van der Waals surface area contributed by atoms with Crippen molar-refractivity contribution in [2.24, 2.45) is 5.92 Å². The van der Waals surface area contributed by atoms with Crippen LogP contribution in [-0.4, -0.2) is 73.9 Å². The summed E-state index contributed by atoms with van der Waals surface area (Å²) < 4.78 is 0. The Morgan fingerprint density at radius 1 is 1.11 bits per heavy atom. The highest BCUT2D eigenvalue weighted by molar-refractivity contribution is 4.76. The normalized spacial score (nSPS) is 31.7. The van der Waals surface area contributed by atoms with Crippen LogP contribution in [0.4, 0.5) is 0 Å². The van der Waals surface area contributed by atoms with E-state index in [1.165, 1.54) is 45.4 Å². The second-order valence-corrected chi connectivity index (χ2v) is 5.96. The summed E-state index contributed by atoms with van der Waals surface area (Å²) in [5.41, 5.74) is 0.